The Morgan fingerprint density at radius 3 is 2.44 bits per heavy atom. The fourth-order valence-electron chi connectivity index (χ4n) is 5.26. The third-order valence-electron chi connectivity index (χ3n) is 7.67. The normalized spacial score (nSPS) is 13.8. The number of furan rings is 1. The van der Waals surface area contributed by atoms with Gasteiger partial charge in [-0.15, -0.1) is 0 Å². The number of aryl methyl sites for hydroxylation is 1. The number of benzene rings is 3. The maximum Gasteiger partial charge on any atom is 0.255 e. The van der Waals surface area contributed by atoms with Gasteiger partial charge in [-0.05, 0) is 90.6 Å². The molecule has 2 heterocycles. The monoisotopic (exact) mass is 519 g/mol. The molecule has 1 aliphatic rings. The van der Waals surface area contributed by atoms with Crippen molar-refractivity contribution in [3.8, 4) is 22.5 Å². The molecule has 0 bridgehead atoms. The zero-order valence-corrected chi connectivity index (χ0v) is 21.6. The standard InChI is InChI=1S/C32H26FN3O3/c1-19-3-4-22(27(37)17-32(12-13-32)23-11-14-35-36-18-23)16-25(19)21-7-10-28-26(15-21)29(31(38)34-2)30(39-28)20-5-8-24(33)9-6-20/h3-11,14-16,18H,12-13,17H2,1-2H3,(H,34,38). The van der Waals surface area contributed by atoms with E-state index in [2.05, 4.69) is 15.5 Å². The SMILES string of the molecule is CNC(=O)c1c(-c2ccc(F)cc2)oc2ccc(-c3cc(C(=O)CC4(c5ccnnc5)CC4)ccc3C)cc12. The van der Waals surface area contributed by atoms with Gasteiger partial charge in [-0.25, -0.2) is 4.39 Å². The summed E-state index contributed by atoms with van der Waals surface area (Å²) in [6, 6.07) is 19.2. The molecule has 1 N–H and O–H groups in total. The molecule has 1 saturated carbocycles. The smallest absolute Gasteiger partial charge is 0.255 e. The summed E-state index contributed by atoms with van der Waals surface area (Å²) in [6.45, 7) is 2.00. The van der Waals surface area contributed by atoms with Crippen LogP contribution in [-0.2, 0) is 5.41 Å². The van der Waals surface area contributed by atoms with Crippen LogP contribution < -0.4 is 5.32 Å². The first kappa shape index (κ1) is 24.7. The Morgan fingerprint density at radius 2 is 1.74 bits per heavy atom. The number of amides is 1. The van der Waals surface area contributed by atoms with Gasteiger partial charge in [0.1, 0.15) is 17.2 Å². The zero-order chi connectivity index (χ0) is 27.1. The summed E-state index contributed by atoms with van der Waals surface area (Å²) in [7, 11) is 1.56. The second kappa shape index (κ2) is 9.58. The number of hydrogen-bond donors (Lipinski definition) is 1. The van der Waals surface area contributed by atoms with E-state index in [1.165, 1.54) is 12.1 Å². The fraction of sp³-hybridized carbons (Fsp3) is 0.188. The lowest BCUT2D eigenvalue weighted by atomic mass is 9.88. The van der Waals surface area contributed by atoms with Gasteiger partial charge in [0.05, 0.1) is 11.8 Å². The van der Waals surface area contributed by atoms with Crippen LogP contribution in [0.15, 0.2) is 83.5 Å². The van der Waals surface area contributed by atoms with E-state index in [4.69, 9.17) is 4.42 Å². The van der Waals surface area contributed by atoms with Gasteiger partial charge < -0.3 is 9.73 Å². The number of ketones is 1. The Hall–Kier alpha value is -4.65. The van der Waals surface area contributed by atoms with Gasteiger partial charge in [-0.3, -0.25) is 9.59 Å². The predicted octanol–water partition coefficient (Wildman–Crippen LogP) is 6.67. The average Bonchev–Trinajstić information content (AvgIpc) is 3.65. The maximum absolute atomic E-state index is 13.5. The third kappa shape index (κ3) is 4.50. The molecular weight excluding hydrogens is 493 g/mol. The van der Waals surface area contributed by atoms with Crippen molar-refractivity contribution in [3.05, 3.63) is 107 Å². The molecule has 6 rings (SSSR count). The largest absolute Gasteiger partial charge is 0.455 e. The van der Waals surface area contributed by atoms with Crippen molar-refractivity contribution in [2.45, 2.75) is 31.6 Å². The van der Waals surface area contributed by atoms with E-state index >= 15 is 0 Å². The molecule has 0 radical (unpaired) electrons. The van der Waals surface area contributed by atoms with Crippen LogP contribution in [0.4, 0.5) is 4.39 Å². The minimum atomic E-state index is -0.367. The van der Waals surface area contributed by atoms with Crippen molar-refractivity contribution in [2.75, 3.05) is 7.05 Å². The molecule has 1 amide bonds. The van der Waals surface area contributed by atoms with Crippen LogP contribution in [-0.4, -0.2) is 28.9 Å². The van der Waals surface area contributed by atoms with E-state index in [0.717, 1.165) is 35.1 Å². The number of fused-ring (bicyclic) bond motifs is 1. The van der Waals surface area contributed by atoms with Crippen LogP contribution in [0.3, 0.4) is 0 Å². The molecule has 2 aromatic heterocycles. The molecule has 0 atom stereocenters. The van der Waals surface area contributed by atoms with Crippen molar-refractivity contribution in [3.63, 3.8) is 0 Å². The summed E-state index contributed by atoms with van der Waals surface area (Å²) >= 11 is 0. The molecule has 5 aromatic rings. The number of aromatic nitrogens is 2. The van der Waals surface area contributed by atoms with Crippen LogP contribution >= 0.6 is 0 Å². The summed E-state index contributed by atoms with van der Waals surface area (Å²) in [4.78, 5) is 26.4. The molecule has 7 heteroatoms. The highest BCUT2D eigenvalue weighted by atomic mass is 19.1. The lowest BCUT2D eigenvalue weighted by Crippen LogP contribution is -2.18. The Bertz CT molecular complexity index is 1720. The van der Waals surface area contributed by atoms with Crippen LogP contribution in [0.2, 0.25) is 0 Å². The maximum atomic E-state index is 13.5. The lowest BCUT2D eigenvalue weighted by Gasteiger charge is -2.15. The van der Waals surface area contributed by atoms with Gasteiger partial charge in [0, 0.05) is 41.6 Å². The first-order valence-corrected chi connectivity index (χ1v) is 12.8. The molecule has 6 nitrogen and oxygen atoms in total. The molecule has 39 heavy (non-hydrogen) atoms. The van der Waals surface area contributed by atoms with Gasteiger partial charge in [0.15, 0.2) is 5.78 Å². The van der Waals surface area contributed by atoms with E-state index in [1.807, 2.05) is 49.4 Å². The topological polar surface area (TPSA) is 85.1 Å². The highest BCUT2D eigenvalue weighted by molar-refractivity contribution is 6.12. The van der Waals surface area contributed by atoms with E-state index in [1.54, 1.807) is 31.6 Å². The number of carbonyl (C=O) groups is 2. The summed E-state index contributed by atoms with van der Waals surface area (Å²) < 4.78 is 19.6. The van der Waals surface area contributed by atoms with E-state index < -0.39 is 0 Å². The Kier molecular flexibility index (Phi) is 6.06. The van der Waals surface area contributed by atoms with Crippen molar-refractivity contribution >= 4 is 22.7 Å². The van der Waals surface area contributed by atoms with E-state index in [-0.39, 0.29) is 22.9 Å². The van der Waals surface area contributed by atoms with Crippen LogP contribution in [0.25, 0.3) is 33.4 Å². The Morgan fingerprint density at radius 1 is 0.974 bits per heavy atom. The average molecular weight is 520 g/mol. The molecule has 0 spiro atoms. The van der Waals surface area contributed by atoms with Crippen molar-refractivity contribution in [2.24, 2.45) is 0 Å². The van der Waals surface area contributed by atoms with Crippen molar-refractivity contribution in [1.29, 1.82) is 0 Å². The minimum Gasteiger partial charge on any atom is -0.455 e. The number of nitrogens with zero attached hydrogens (tertiary/aromatic N) is 2. The number of Topliss-reactive ketones (excluding diaryl/α,β-unsaturated/α-hetero) is 1. The van der Waals surface area contributed by atoms with Gasteiger partial charge in [0.2, 0.25) is 0 Å². The Balaban J connectivity index is 1.39. The second-order valence-corrected chi connectivity index (χ2v) is 10.1. The van der Waals surface area contributed by atoms with Crippen LogP contribution in [0.5, 0.6) is 0 Å². The number of nitrogens with one attached hydrogen (secondary N) is 1. The zero-order valence-electron chi connectivity index (χ0n) is 21.6. The summed E-state index contributed by atoms with van der Waals surface area (Å²) in [5.41, 5.74) is 5.86. The van der Waals surface area contributed by atoms with Gasteiger partial charge in [-0.1, -0.05) is 18.2 Å². The first-order valence-electron chi connectivity index (χ1n) is 12.8. The highest BCUT2D eigenvalue weighted by Crippen LogP contribution is 2.51. The Labute approximate surface area is 224 Å². The van der Waals surface area contributed by atoms with Crippen LogP contribution in [0.1, 0.15) is 51.1 Å². The molecule has 1 fully saturated rings. The first-order chi connectivity index (χ1) is 18.9. The predicted molar refractivity (Wildman–Crippen MR) is 147 cm³/mol. The molecule has 1 aliphatic carbocycles. The molecular formula is C32H26FN3O3. The minimum absolute atomic E-state index is 0.0830. The summed E-state index contributed by atoms with van der Waals surface area (Å²) in [5.74, 6) is -0.207. The van der Waals surface area contributed by atoms with Crippen molar-refractivity contribution < 1.29 is 18.4 Å². The highest BCUT2D eigenvalue weighted by Gasteiger charge is 2.46. The van der Waals surface area contributed by atoms with Gasteiger partial charge >= 0.3 is 0 Å². The van der Waals surface area contributed by atoms with E-state index in [0.29, 0.717) is 39.8 Å². The molecule has 194 valence electrons. The van der Waals surface area contributed by atoms with Gasteiger partial charge in [0.25, 0.3) is 5.91 Å². The van der Waals surface area contributed by atoms with E-state index in [9.17, 15) is 14.0 Å². The number of carbonyl (C=O) groups excluding carboxylic acids is 2. The van der Waals surface area contributed by atoms with Crippen molar-refractivity contribution in [1.82, 2.24) is 15.5 Å². The fourth-order valence-corrected chi connectivity index (χ4v) is 5.26. The lowest BCUT2D eigenvalue weighted by molar-refractivity contribution is 0.0958. The quantitative estimate of drug-likeness (QED) is 0.243. The molecule has 0 saturated heterocycles. The summed E-state index contributed by atoms with van der Waals surface area (Å²) in [6.07, 6.45) is 5.76. The number of hydrogen-bond acceptors (Lipinski definition) is 5. The summed E-state index contributed by atoms with van der Waals surface area (Å²) in [5, 5.41) is 11.2. The molecule has 3 aromatic carbocycles. The second-order valence-electron chi connectivity index (χ2n) is 10.1. The third-order valence-corrected chi connectivity index (χ3v) is 7.67. The molecule has 0 unspecified atom stereocenters. The van der Waals surface area contributed by atoms with Gasteiger partial charge in [-0.2, -0.15) is 10.2 Å². The van der Waals surface area contributed by atoms with Crippen LogP contribution in [0, 0.1) is 12.7 Å². The number of halogens is 1. The number of rotatable bonds is 7. The molecule has 0 aliphatic heterocycles.